The van der Waals surface area contributed by atoms with E-state index in [4.69, 9.17) is 14.1 Å². The third-order valence-corrected chi connectivity index (χ3v) is 5.98. The Morgan fingerprint density at radius 2 is 1.84 bits per heavy atom. The average Bonchev–Trinajstić information content (AvgIpc) is 3.43. The summed E-state index contributed by atoms with van der Waals surface area (Å²) in [7, 11) is 1.53. The molecule has 9 nitrogen and oxygen atoms in total. The molecule has 9 heteroatoms. The Kier molecular flexibility index (Phi) is 6.50. The maximum atomic E-state index is 13.1. The minimum atomic E-state index is -0.0966. The van der Waals surface area contributed by atoms with Crippen molar-refractivity contribution >= 4 is 11.8 Å². The molecule has 4 rings (SSSR count). The fourth-order valence-corrected chi connectivity index (χ4v) is 4.31. The highest BCUT2D eigenvalue weighted by molar-refractivity contribution is 5.94. The number of benzene rings is 1. The number of carbonyl (C=O) groups is 2. The van der Waals surface area contributed by atoms with E-state index < -0.39 is 0 Å². The summed E-state index contributed by atoms with van der Waals surface area (Å²) in [6, 6.07) is 7.18. The lowest BCUT2D eigenvalue weighted by atomic mass is 10.1. The number of methoxy groups -OCH3 is 1. The van der Waals surface area contributed by atoms with E-state index in [0.717, 1.165) is 42.8 Å². The highest BCUT2D eigenvalue weighted by Crippen LogP contribution is 2.33. The summed E-state index contributed by atoms with van der Waals surface area (Å²) >= 11 is 0. The number of hydrogen-bond donors (Lipinski definition) is 0. The highest BCUT2D eigenvalue weighted by atomic mass is 16.6. The normalized spacial score (nSPS) is 19.6. The van der Waals surface area contributed by atoms with Crippen LogP contribution in [-0.2, 0) is 9.53 Å². The smallest absolute Gasteiger partial charge is 0.254 e. The van der Waals surface area contributed by atoms with Gasteiger partial charge in [0.15, 0.2) is 0 Å². The molecule has 1 atom stereocenters. The zero-order valence-electron chi connectivity index (χ0n) is 18.0. The van der Waals surface area contributed by atoms with Gasteiger partial charge in [0.25, 0.3) is 5.91 Å². The Bertz CT molecular complexity index is 905. The summed E-state index contributed by atoms with van der Waals surface area (Å²) in [5, 5.41) is 7.85. The summed E-state index contributed by atoms with van der Waals surface area (Å²) in [4.78, 5) is 28.6. The van der Waals surface area contributed by atoms with Gasteiger partial charge in [-0.25, -0.2) is 4.63 Å². The van der Waals surface area contributed by atoms with E-state index in [1.165, 1.54) is 7.11 Å². The van der Waals surface area contributed by atoms with Crippen molar-refractivity contribution in [2.24, 2.45) is 0 Å². The van der Waals surface area contributed by atoms with Gasteiger partial charge in [0.2, 0.25) is 5.91 Å². The van der Waals surface area contributed by atoms with E-state index in [0.29, 0.717) is 25.2 Å². The fraction of sp³-hybridized carbons (Fsp3) is 0.545. The topological polar surface area (TPSA) is 98.0 Å². The van der Waals surface area contributed by atoms with Crippen LogP contribution < -0.4 is 4.74 Å². The number of ether oxygens (including phenoxy) is 2. The van der Waals surface area contributed by atoms with E-state index >= 15 is 0 Å². The summed E-state index contributed by atoms with van der Waals surface area (Å²) in [5.41, 5.74) is 2.08. The number of carbonyl (C=O) groups excluding carboxylic acids is 2. The Morgan fingerprint density at radius 3 is 2.48 bits per heavy atom. The van der Waals surface area contributed by atoms with Gasteiger partial charge in [-0.3, -0.25) is 9.59 Å². The summed E-state index contributed by atoms with van der Waals surface area (Å²) in [6.45, 7) is 3.98. The van der Waals surface area contributed by atoms with Crippen LogP contribution in [0, 0.1) is 6.92 Å². The van der Waals surface area contributed by atoms with Crippen molar-refractivity contribution in [1.82, 2.24) is 20.1 Å². The van der Waals surface area contributed by atoms with Gasteiger partial charge in [0.1, 0.15) is 29.8 Å². The van der Waals surface area contributed by atoms with Crippen LogP contribution in [0.3, 0.4) is 0 Å². The number of amides is 2. The van der Waals surface area contributed by atoms with Crippen LogP contribution >= 0.6 is 0 Å². The van der Waals surface area contributed by atoms with Crippen LogP contribution in [0.1, 0.15) is 53.5 Å². The molecular weight excluding hydrogens is 400 g/mol. The number of hydrogen-bond acceptors (Lipinski definition) is 7. The van der Waals surface area contributed by atoms with Crippen molar-refractivity contribution in [3.05, 3.63) is 41.2 Å². The van der Waals surface area contributed by atoms with Crippen LogP contribution in [0.4, 0.5) is 0 Å². The number of aromatic nitrogens is 2. The molecule has 0 spiro atoms. The molecule has 1 aromatic carbocycles. The van der Waals surface area contributed by atoms with Crippen molar-refractivity contribution in [1.29, 1.82) is 0 Å². The van der Waals surface area contributed by atoms with Gasteiger partial charge in [-0.05, 0) is 44.0 Å². The zero-order chi connectivity index (χ0) is 21.8. The molecule has 2 saturated heterocycles. The minimum absolute atomic E-state index is 0.0145. The van der Waals surface area contributed by atoms with Crippen LogP contribution in [-0.4, -0.2) is 71.4 Å². The van der Waals surface area contributed by atoms with Gasteiger partial charge >= 0.3 is 0 Å². The maximum Gasteiger partial charge on any atom is 0.254 e. The second kappa shape index (κ2) is 9.47. The fourth-order valence-electron chi connectivity index (χ4n) is 4.31. The van der Waals surface area contributed by atoms with Crippen molar-refractivity contribution in [2.75, 3.05) is 33.4 Å². The summed E-state index contributed by atoms with van der Waals surface area (Å²) in [5.74, 6) is 0.717. The number of aryl methyl sites for hydroxylation is 1. The van der Waals surface area contributed by atoms with Crippen molar-refractivity contribution in [2.45, 2.75) is 44.8 Å². The molecule has 31 heavy (non-hydrogen) atoms. The molecule has 2 aromatic rings. The highest BCUT2D eigenvalue weighted by Gasteiger charge is 2.34. The third kappa shape index (κ3) is 4.71. The molecule has 2 aliphatic rings. The van der Waals surface area contributed by atoms with Crippen LogP contribution in [0.2, 0.25) is 0 Å². The second-order valence-electron chi connectivity index (χ2n) is 8.05. The molecule has 0 radical (unpaired) electrons. The summed E-state index contributed by atoms with van der Waals surface area (Å²) in [6.07, 6.45) is 3.38. The van der Waals surface area contributed by atoms with Crippen molar-refractivity contribution < 1.29 is 23.7 Å². The molecule has 2 amide bonds. The van der Waals surface area contributed by atoms with E-state index in [-0.39, 0.29) is 30.6 Å². The summed E-state index contributed by atoms with van der Waals surface area (Å²) < 4.78 is 15.8. The number of piperidine rings is 1. The molecule has 0 N–H and O–H groups in total. The Hall–Kier alpha value is -2.94. The van der Waals surface area contributed by atoms with Gasteiger partial charge < -0.3 is 19.3 Å². The first-order chi connectivity index (χ1) is 15.1. The van der Waals surface area contributed by atoms with Gasteiger partial charge in [-0.1, -0.05) is 10.3 Å². The number of nitrogens with zero attached hydrogens (tertiary/aromatic N) is 4. The Morgan fingerprint density at radius 1 is 1.10 bits per heavy atom. The SMILES string of the molecule is COCC(=O)N1CCC(Oc2ccc(C(=O)N3CCC[C@@H]3c3nonc3C)cc2)CC1. The first kappa shape index (κ1) is 21.3. The van der Waals surface area contributed by atoms with Crippen LogP contribution in [0.25, 0.3) is 0 Å². The lowest BCUT2D eigenvalue weighted by molar-refractivity contribution is -0.136. The maximum absolute atomic E-state index is 13.1. The molecule has 3 heterocycles. The van der Waals surface area contributed by atoms with E-state index in [1.807, 2.05) is 28.9 Å². The molecule has 0 unspecified atom stereocenters. The van der Waals surface area contributed by atoms with Crippen LogP contribution in [0.5, 0.6) is 5.75 Å². The molecule has 0 saturated carbocycles. The Balaban J connectivity index is 1.34. The number of likely N-dealkylation sites (tertiary alicyclic amines) is 2. The average molecular weight is 428 g/mol. The minimum Gasteiger partial charge on any atom is -0.490 e. The molecule has 2 aliphatic heterocycles. The van der Waals surface area contributed by atoms with E-state index in [1.54, 1.807) is 12.1 Å². The van der Waals surface area contributed by atoms with Crippen molar-refractivity contribution in [3.63, 3.8) is 0 Å². The van der Waals surface area contributed by atoms with Crippen LogP contribution in [0.15, 0.2) is 28.9 Å². The number of rotatable bonds is 6. The van der Waals surface area contributed by atoms with Gasteiger partial charge in [0.05, 0.1) is 6.04 Å². The lowest BCUT2D eigenvalue weighted by Gasteiger charge is -2.32. The zero-order valence-corrected chi connectivity index (χ0v) is 18.0. The molecule has 1 aromatic heterocycles. The predicted molar refractivity (Wildman–Crippen MR) is 111 cm³/mol. The third-order valence-electron chi connectivity index (χ3n) is 5.98. The molecule has 0 bridgehead atoms. The van der Waals surface area contributed by atoms with Crippen molar-refractivity contribution in [3.8, 4) is 5.75 Å². The first-order valence-corrected chi connectivity index (χ1v) is 10.7. The molecule has 0 aliphatic carbocycles. The van der Waals surface area contributed by atoms with Gasteiger partial charge in [-0.15, -0.1) is 0 Å². The molecular formula is C22H28N4O5. The largest absolute Gasteiger partial charge is 0.490 e. The van der Waals surface area contributed by atoms with Gasteiger partial charge in [-0.2, -0.15) is 0 Å². The van der Waals surface area contributed by atoms with Gasteiger partial charge in [0, 0.05) is 45.1 Å². The molecule has 166 valence electrons. The standard InChI is InChI=1S/C22H28N4O5/c1-15-21(24-31-23-15)19-4-3-11-26(19)22(28)16-5-7-17(8-6-16)30-18-9-12-25(13-10-18)20(27)14-29-2/h5-8,18-19H,3-4,9-14H2,1-2H3/t19-/m1/s1. The van der Waals surface area contributed by atoms with E-state index in [2.05, 4.69) is 10.3 Å². The molecule has 2 fully saturated rings. The second-order valence-corrected chi connectivity index (χ2v) is 8.05. The lowest BCUT2D eigenvalue weighted by Crippen LogP contribution is -2.43. The monoisotopic (exact) mass is 428 g/mol. The predicted octanol–water partition coefficient (Wildman–Crippen LogP) is 2.37. The quantitative estimate of drug-likeness (QED) is 0.697. The van der Waals surface area contributed by atoms with E-state index in [9.17, 15) is 9.59 Å². The first-order valence-electron chi connectivity index (χ1n) is 10.7. The Labute approximate surface area is 181 Å².